The molecule has 44 heavy (non-hydrogen) atoms. The monoisotopic (exact) mass is 596 g/mol. The van der Waals surface area contributed by atoms with Crippen molar-refractivity contribution in [3.8, 4) is 33.5 Å². The van der Waals surface area contributed by atoms with Crippen LogP contribution in [0.5, 0.6) is 0 Å². The number of pyridine rings is 1. The first-order valence-electron chi connectivity index (χ1n) is 16.0. The molecule has 0 unspecified atom stereocenters. The van der Waals surface area contributed by atoms with E-state index in [1.807, 2.05) is 0 Å². The van der Waals surface area contributed by atoms with Crippen LogP contribution in [0.3, 0.4) is 0 Å². The van der Waals surface area contributed by atoms with E-state index in [9.17, 15) is 0 Å². The third-order valence-corrected chi connectivity index (χ3v) is 11.2. The Balaban J connectivity index is 1.70. The summed E-state index contributed by atoms with van der Waals surface area (Å²) in [6.45, 7) is 21.2. The minimum absolute atomic E-state index is 0.0108. The van der Waals surface area contributed by atoms with Crippen molar-refractivity contribution in [2.24, 2.45) is 7.05 Å². The smallest absolute Gasteiger partial charge is 0.216 e. The van der Waals surface area contributed by atoms with Crippen LogP contribution in [0.25, 0.3) is 55.4 Å². The zero-order chi connectivity index (χ0) is 31.6. The van der Waals surface area contributed by atoms with E-state index in [2.05, 4.69) is 164 Å². The van der Waals surface area contributed by atoms with Gasteiger partial charge in [0, 0.05) is 22.0 Å². The van der Waals surface area contributed by atoms with Crippen molar-refractivity contribution in [2.75, 3.05) is 0 Å². The van der Waals surface area contributed by atoms with Crippen LogP contribution >= 0.6 is 0 Å². The highest BCUT2D eigenvalue weighted by atomic mass is 28.3. The van der Waals surface area contributed by atoms with Crippen molar-refractivity contribution in [2.45, 2.75) is 72.5 Å². The van der Waals surface area contributed by atoms with Crippen LogP contribution in [0.2, 0.25) is 19.6 Å². The minimum Gasteiger partial charge on any atom is -0.455 e. The molecule has 4 aromatic carbocycles. The topological polar surface area (TPSA) is 17.0 Å². The molecule has 0 aliphatic rings. The summed E-state index contributed by atoms with van der Waals surface area (Å²) in [6.07, 6.45) is 2.42. The van der Waals surface area contributed by atoms with Gasteiger partial charge in [-0.1, -0.05) is 121 Å². The number of benzene rings is 4. The summed E-state index contributed by atoms with van der Waals surface area (Å²) in [4.78, 5) is 0. The van der Waals surface area contributed by atoms with Gasteiger partial charge in [-0.2, -0.15) is 0 Å². The maximum atomic E-state index is 6.71. The van der Waals surface area contributed by atoms with Crippen molar-refractivity contribution in [3.05, 3.63) is 108 Å². The number of aryl methyl sites for hydroxylation is 1. The average molecular weight is 597 g/mol. The highest BCUT2D eigenvalue weighted by Gasteiger charge is 2.32. The van der Waals surface area contributed by atoms with Crippen LogP contribution in [0.1, 0.15) is 57.2 Å². The second-order valence-electron chi connectivity index (χ2n) is 14.8. The van der Waals surface area contributed by atoms with Crippen LogP contribution in [-0.4, -0.2) is 8.07 Å². The van der Waals surface area contributed by atoms with Gasteiger partial charge in [0.1, 0.15) is 18.2 Å². The molecule has 2 aromatic heterocycles. The number of rotatable bonds is 5. The largest absolute Gasteiger partial charge is 0.455 e. The molecule has 0 bridgehead atoms. The molecular formula is C41H46NOSi+. The van der Waals surface area contributed by atoms with E-state index in [4.69, 9.17) is 4.42 Å². The predicted molar refractivity (Wildman–Crippen MR) is 192 cm³/mol. The molecule has 224 valence electrons. The van der Waals surface area contributed by atoms with Crippen LogP contribution in [0.15, 0.2) is 95.5 Å². The molecule has 0 radical (unpaired) electrons. The lowest BCUT2D eigenvalue weighted by Gasteiger charge is -2.25. The van der Waals surface area contributed by atoms with Crippen LogP contribution in [0, 0.1) is 6.92 Å². The van der Waals surface area contributed by atoms with Gasteiger partial charge in [-0.3, -0.25) is 0 Å². The summed E-state index contributed by atoms with van der Waals surface area (Å²) in [7, 11) is 0.481. The molecule has 0 aliphatic heterocycles. The molecule has 0 amide bonds. The van der Waals surface area contributed by atoms with E-state index in [0.717, 1.165) is 11.2 Å². The highest BCUT2D eigenvalue weighted by Crippen LogP contribution is 2.43. The Morgan fingerprint density at radius 1 is 0.750 bits per heavy atom. The molecule has 0 atom stereocenters. The van der Waals surface area contributed by atoms with Crippen LogP contribution < -0.4 is 9.75 Å². The molecule has 0 saturated heterocycles. The van der Waals surface area contributed by atoms with Crippen molar-refractivity contribution >= 4 is 35.2 Å². The molecule has 2 heterocycles. The van der Waals surface area contributed by atoms with Gasteiger partial charge in [-0.15, -0.1) is 0 Å². The number of hydrogen-bond acceptors (Lipinski definition) is 1. The maximum Gasteiger partial charge on any atom is 0.216 e. The first kappa shape index (κ1) is 30.1. The maximum absolute atomic E-state index is 6.71. The molecule has 0 saturated carbocycles. The zero-order valence-electron chi connectivity index (χ0n) is 28.1. The van der Waals surface area contributed by atoms with E-state index in [1.165, 1.54) is 66.2 Å². The van der Waals surface area contributed by atoms with Crippen molar-refractivity contribution in [1.29, 1.82) is 0 Å². The summed E-state index contributed by atoms with van der Waals surface area (Å²) < 4.78 is 9.06. The Morgan fingerprint density at radius 2 is 1.43 bits per heavy atom. The highest BCUT2D eigenvalue weighted by molar-refractivity contribution is 6.89. The molecule has 6 rings (SSSR count). The van der Waals surface area contributed by atoms with E-state index in [-0.39, 0.29) is 5.41 Å². The number of hydrogen-bond donors (Lipinski definition) is 0. The molecule has 6 aromatic rings. The molecule has 2 nitrogen and oxygen atoms in total. The summed E-state index contributed by atoms with van der Waals surface area (Å²) in [5.41, 5.74) is 13.5. The van der Waals surface area contributed by atoms with Gasteiger partial charge in [0.05, 0.1) is 13.6 Å². The number of furan rings is 1. The second kappa shape index (κ2) is 10.9. The third kappa shape index (κ3) is 5.22. The Kier molecular flexibility index (Phi) is 7.45. The Hall–Kier alpha value is -3.95. The van der Waals surface area contributed by atoms with Crippen molar-refractivity contribution in [1.82, 2.24) is 0 Å². The van der Waals surface area contributed by atoms with Gasteiger partial charge in [-0.25, -0.2) is 4.57 Å². The quantitative estimate of drug-likeness (QED) is 0.143. The van der Waals surface area contributed by atoms with Crippen molar-refractivity contribution in [3.63, 3.8) is 0 Å². The molecule has 0 fully saturated rings. The molecule has 0 spiro atoms. The standard InChI is InChI=1S/C41H46NOSi/c1-26(2)32-22-29(28-16-12-11-13-17-28)20-21-30(32)33-24-36(42(7)25-38(33)44(8,9)10)39-27(3)35(41(4,5)6)23-34-31-18-14-15-19-37(31)43-40(34)39/h11-26H,1-10H3/q+1. The fourth-order valence-electron chi connectivity index (χ4n) is 6.85. The molecule has 0 N–H and O–H groups in total. The van der Waals surface area contributed by atoms with Crippen LogP contribution in [-0.2, 0) is 12.5 Å². The van der Waals surface area contributed by atoms with Crippen LogP contribution in [0.4, 0.5) is 0 Å². The molecule has 3 heteroatoms. The Morgan fingerprint density at radius 3 is 2.09 bits per heavy atom. The first-order chi connectivity index (χ1) is 20.8. The molecular weight excluding hydrogens is 551 g/mol. The second-order valence-corrected chi connectivity index (χ2v) is 19.9. The van der Waals surface area contributed by atoms with Gasteiger partial charge in [0.2, 0.25) is 5.69 Å². The predicted octanol–water partition coefficient (Wildman–Crippen LogP) is 10.7. The number of para-hydroxylation sites is 1. The van der Waals surface area contributed by atoms with Gasteiger partial charge < -0.3 is 4.42 Å². The summed E-state index contributed by atoms with van der Waals surface area (Å²) >= 11 is 0. The van der Waals surface area contributed by atoms with E-state index >= 15 is 0 Å². The van der Waals surface area contributed by atoms with Gasteiger partial charge in [0.25, 0.3) is 0 Å². The lowest BCUT2D eigenvalue weighted by Crippen LogP contribution is -2.46. The number of nitrogens with zero attached hydrogens (tertiary/aromatic N) is 1. The lowest BCUT2D eigenvalue weighted by molar-refractivity contribution is -0.659. The minimum atomic E-state index is -1.73. The normalized spacial score (nSPS) is 12.5. The fraction of sp³-hybridized carbons (Fsp3) is 0.293. The zero-order valence-corrected chi connectivity index (χ0v) is 29.1. The Labute approximate surface area is 264 Å². The van der Waals surface area contributed by atoms with E-state index < -0.39 is 8.07 Å². The Bertz CT molecular complexity index is 2020. The van der Waals surface area contributed by atoms with Gasteiger partial charge in [0.15, 0.2) is 6.20 Å². The number of fused-ring (bicyclic) bond motifs is 3. The average Bonchev–Trinajstić information content (AvgIpc) is 3.34. The summed E-state index contributed by atoms with van der Waals surface area (Å²) in [5, 5.41) is 3.84. The SMILES string of the molecule is Cc1c(C(C)(C)C)cc2c(oc3ccccc32)c1-c1cc(-c2ccc(-c3ccccc3)cc2C(C)C)c([Si](C)(C)C)c[n+]1C. The van der Waals surface area contributed by atoms with Gasteiger partial charge in [-0.05, 0) is 69.3 Å². The summed E-state index contributed by atoms with van der Waals surface area (Å²) in [6, 6.07) is 31.1. The van der Waals surface area contributed by atoms with Gasteiger partial charge >= 0.3 is 0 Å². The third-order valence-electron chi connectivity index (χ3n) is 9.15. The fourth-order valence-corrected chi connectivity index (χ4v) is 8.45. The summed E-state index contributed by atoms with van der Waals surface area (Å²) in [5.74, 6) is 0.383. The first-order valence-corrected chi connectivity index (χ1v) is 19.5. The van der Waals surface area contributed by atoms with Crippen molar-refractivity contribution < 1.29 is 8.98 Å². The number of aromatic nitrogens is 1. The van der Waals surface area contributed by atoms with E-state index in [1.54, 1.807) is 0 Å². The molecule has 0 aliphatic carbocycles. The lowest BCUT2D eigenvalue weighted by atomic mass is 9.80. The van der Waals surface area contributed by atoms with E-state index in [0.29, 0.717) is 5.92 Å².